The number of aliphatic hydroxyl groups is 1. The topological polar surface area (TPSA) is 221 Å². The fourth-order valence-corrected chi connectivity index (χ4v) is 23.4. The first kappa shape index (κ1) is 66.7. The number of nitrogens with one attached hydrogen (secondary N) is 2. The van der Waals surface area contributed by atoms with Crippen molar-refractivity contribution >= 4 is 52.5 Å². The summed E-state index contributed by atoms with van der Waals surface area (Å²) in [6.07, 6.45) is -4.37. The number of Topliss-reactive ketones (excluding diaryl/α,β-unsaturated/α-hetero) is 1. The van der Waals surface area contributed by atoms with Gasteiger partial charge in [-0.15, -0.1) is 0 Å². The molecule has 3 saturated carbocycles. The fraction of sp³-hybridized carbons (Fsp3) is 0.746. The molecule has 1 aromatic rings. The molecule has 3 N–H and O–H groups in total. The van der Waals surface area contributed by atoms with Crippen LogP contribution in [0.3, 0.4) is 0 Å². The van der Waals surface area contributed by atoms with Crippen LogP contribution < -0.4 is 10.6 Å². The highest BCUT2D eigenvalue weighted by molar-refractivity contribution is 6.77. The van der Waals surface area contributed by atoms with Crippen LogP contribution in [-0.2, 0) is 51.7 Å². The number of carbonyl (C=O) groups is 6. The summed E-state index contributed by atoms with van der Waals surface area (Å²) < 4.78 is 54.0. The molecule has 1 heterocycles. The summed E-state index contributed by atoms with van der Waals surface area (Å²) in [5.41, 5.74) is -7.24. The minimum Gasteiger partial charge on any atom is -0.456 e. The van der Waals surface area contributed by atoms with Gasteiger partial charge in [-0.05, 0) is 119 Å². The van der Waals surface area contributed by atoms with E-state index in [2.05, 4.69) is 72.9 Å². The van der Waals surface area contributed by atoms with Crippen LogP contribution in [0.2, 0.25) is 34.8 Å². The van der Waals surface area contributed by atoms with Gasteiger partial charge in [-0.3, -0.25) is 9.59 Å². The van der Waals surface area contributed by atoms with Gasteiger partial charge in [0.05, 0.1) is 35.6 Å². The lowest BCUT2D eigenvalue weighted by atomic mass is 9.44. The van der Waals surface area contributed by atoms with Crippen molar-refractivity contribution in [1.82, 2.24) is 10.6 Å². The number of carbonyl (C=O) groups excluding carboxylic acids is 6. The quantitative estimate of drug-likeness (QED) is 0.0478. The predicted molar refractivity (Wildman–Crippen MR) is 318 cm³/mol. The molecule has 4 fully saturated rings. The average molecular weight is 1180 g/mol. The molecule has 2 bridgehead atoms. The van der Waals surface area contributed by atoms with Crippen molar-refractivity contribution in [2.24, 2.45) is 16.7 Å². The van der Waals surface area contributed by atoms with Gasteiger partial charge in [-0.25, -0.2) is 19.2 Å². The lowest BCUT2D eigenvalue weighted by molar-refractivity contribution is -0.344. The van der Waals surface area contributed by atoms with Crippen molar-refractivity contribution in [3.63, 3.8) is 0 Å². The Balaban J connectivity index is 1.69. The molecule has 2 amide bonds. The standard InChI is InChI=1S/C63H100N2O15Si2/c1-20-81(21-2,22-3)79-47-34-48-62(36-73-48,77-42(13)66)52-54(76-55(68)43-29-25-23-26-30-43)63(72)35-46(41(12)49(60(63,17)18)51(53(67)61(47,52)19)75-57(70)64-44-31-27-24-28-32-44)74-56(69)50(80-82(38(6)7,39(8)9)40(10)11)45(33-37(4)5)65-58(71)78-59(14,15)16/h23,25-26,29-30,33,38-40,44-48,50-52,54,72H,20-22,24,27-28,31-32,34-36H2,1-19H3,(H,64,70)(H,65,71)/t45-,46-,47-,48+,50+,51+,52-,54-,61+,62-,63+/m0/s1. The van der Waals surface area contributed by atoms with Crippen LogP contribution in [0.25, 0.3) is 0 Å². The Labute approximate surface area is 491 Å². The van der Waals surface area contributed by atoms with Crippen LogP contribution in [0.15, 0.2) is 53.1 Å². The van der Waals surface area contributed by atoms with E-state index < -0.39 is 135 Å². The third kappa shape index (κ3) is 12.9. The van der Waals surface area contributed by atoms with E-state index in [4.69, 9.17) is 37.3 Å². The predicted octanol–water partition coefficient (Wildman–Crippen LogP) is 12.1. The molecular formula is C63H100N2O15Si2. The molecular weight excluding hydrogens is 1080 g/mol. The summed E-state index contributed by atoms with van der Waals surface area (Å²) in [4.78, 5) is 90.5. The van der Waals surface area contributed by atoms with E-state index in [-0.39, 0.29) is 46.8 Å². The van der Waals surface area contributed by atoms with E-state index in [1.807, 2.05) is 13.8 Å². The van der Waals surface area contributed by atoms with Gasteiger partial charge in [0.15, 0.2) is 31.9 Å². The summed E-state index contributed by atoms with van der Waals surface area (Å²) in [5, 5.41) is 20.7. The van der Waals surface area contributed by atoms with Gasteiger partial charge in [0.2, 0.25) is 8.32 Å². The second-order valence-electron chi connectivity index (χ2n) is 27.1. The van der Waals surface area contributed by atoms with Crippen LogP contribution >= 0.6 is 0 Å². The summed E-state index contributed by atoms with van der Waals surface area (Å²) in [6.45, 7) is 35.5. The molecule has 19 heteroatoms. The smallest absolute Gasteiger partial charge is 0.408 e. The number of esters is 3. The highest BCUT2D eigenvalue weighted by Crippen LogP contribution is 2.65. The van der Waals surface area contributed by atoms with E-state index in [0.29, 0.717) is 36.5 Å². The molecule has 6 rings (SSSR count). The van der Waals surface area contributed by atoms with Crippen molar-refractivity contribution in [3.05, 3.63) is 58.7 Å². The average Bonchev–Trinajstić information content (AvgIpc) is 1.08. The lowest BCUT2D eigenvalue weighted by Crippen LogP contribution is -2.82. The summed E-state index contributed by atoms with van der Waals surface area (Å²) in [7, 11) is -5.74. The molecule has 5 aliphatic rings. The Morgan fingerprint density at radius 2 is 1.43 bits per heavy atom. The number of hydrogen-bond donors (Lipinski definition) is 3. The van der Waals surface area contributed by atoms with Crippen LogP contribution in [0, 0.1) is 16.7 Å². The number of hydrogen-bond acceptors (Lipinski definition) is 15. The molecule has 460 valence electrons. The Hall–Kier alpha value is -4.41. The van der Waals surface area contributed by atoms with Gasteiger partial charge in [0.25, 0.3) is 0 Å². The minimum absolute atomic E-state index is 0.0339. The Morgan fingerprint density at radius 1 is 0.841 bits per heavy atom. The Kier molecular flexibility index (Phi) is 20.9. The summed E-state index contributed by atoms with van der Waals surface area (Å²) >= 11 is 0. The zero-order chi connectivity index (χ0) is 61.3. The number of ether oxygens (including phenoxy) is 6. The number of allylic oxidation sites excluding steroid dienone is 1. The van der Waals surface area contributed by atoms with Gasteiger partial charge >= 0.3 is 30.1 Å². The van der Waals surface area contributed by atoms with Gasteiger partial charge in [-0.1, -0.05) is 125 Å². The Bertz CT molecular complexity index is 2520. The minimum atomic E-state index is -3.04. The maximum atomic E-state index is 17.1. The first-order chi connectivity index (χ1) is 38.1. The normalized spacial score (nSPS) is 29.2. The van der Waals surface area contributed by atoms with Crippen LogP contribution in [0.1, 0.15) is 187 Å². The third-order valence-corrected chi connectivity index (χ3v) is 30.1. The SMILES string of the molecule is CC[Si](CC)(CC)O[C@H]1C[C@H]2OC[C@@]2(OC(C)=O)[C@H]2[C@H](OC(=O)c3ccccc3)[C@]3(O)C[C@H](OC(=O)[C@H](O[Si](C(C)C)(C(C)C)C(C)C)[C@H](C=C(C)C)NC(=O)OC(C)(C)C)C(C)=C([C@@H](OC(=O)NC4CCCCC4)C(=O)[C@]12C)C3(C)C. The van der Waals surface area contributed by atoms with E-state index in [0.717, 1.165) is 24.8 Å². The van der Waals surface area contributed by atoms with Crippen molar-refractivity contribution in [2.45, 2.75) is 277 Å². The number of alkyl carbamates (subject to hydrolysis) is 2. The van der Waals surface area contributed by atoms with E-state index in [1.165, 1.54) is 6.92 Å². The molecule has 82 heavy (non-hydrogen) atoms. The first-order valence-electron chi connectivity index (χ1n) is 30.4. The van der Waals surface area contributed by atoms with E-state index in [9.17, 15) is 19.5 Å². The van der Waals surface area contributed by atoms with E-state index >= 15 is 14.4 Å². The zero-order valence-electron chi connectivity index (χ0n) is 52.8. The maximum absolute atomic E-state index is 17.1. The fourth-order valence-electron chi connectivity index (χ4n) is 15.0. The lowest BCUT2D eigenvalue weighted by Gasteiger charge is -2.68. The zero-order valence-corrected chi connectivity index (χ0v) is 54.8. The Morgan fingerprint density at radius 3 is 1.93 bits per heavy atom. The van der Waals surface area contributed by atoms with Crippen molar-refractivity contribution in [1.29, 1.82) is 0 Å². The van der Waals surface area contributed by atoms with Crippen molar-refractivity contribution in [2.75, 3.05) is 6.61 Å². The van der Waals surface area contributed by atoms with Gasteiger partial charge in [-0.2, -0.15) is 0 Å². The number of rotatable bonds is 20. The molecule has 0 spiro atoms. The molecule has 11 atom stereocenters. The van der Waals surface area contributed by atoms with Crippen LogP contribution in [-0.4, -0.2) is 130 Å². The molecule has 0 aromatic heterocycles. The highest BCUT2D eigenvalue weighted by Gasteiger charge is 2.79. The molecule has 1 aromatic carbocycles. The first-order valence-corrected chi connectivity index (χ1v) is 35.0. The summed E-state index contributed by atoms with van der Waals surface area (Å²) in [5.74, 6) is -4.49. The van der Waals surface area contributed by atoms with Gasteiger partial charge in [0, 0.05) is 31.2 Å². The second kappa shape index (κ2) is 25.7. The number of amides is 2. The largest absolute Gasteiger partial charge is 0.456 e. The van der Waals surface area contributed by atoms with Crippen molar-refractivity contribution < 1.29 is 71.1 Å². The van der Waals surface area contributed by atoms with E-state index in [1.54, 1.807) is 84.9 Å². The monoisotopic (exact) mass is 1180 g/mol. The van der Waals surface area contributed by atoms with Crippen LogP contribution in [0.4, 0.5) is 9.59 Å². The van der Waals surface area contributed by atoms with Gasteiger partial charge in [0.1, 0.15) is 29.5 Å². The second-order valence-corrected chi connectivity index (χ2v) is 37.2. The van der Waals surface area contributed by atoms with Gasteiger partial charge < -0.3 is 53.0 Å². The number of benzene rings is 1. The molecule has 4 aliphatic carbocycles. The third-order valence-electron chi connectivity index (χ3n) is 19.4. The number of ketones is 1. The molecule has 1 saturated heterocycles. The molecule has 0 radical (unpaired) electrons. The summed E-state index contributed by atoms with van der Waals surface area (Å²) in [6, 6.07) is 8.98. The van der Waals surface area contributed by atoms with Crippen LogP contribution in [0.5, 0.6) is 0 Å². The molecule has 17 nitrogen and oxygen atoms in total. The maximum Gasteiger partial charge on any atom is 0.408 e. The van der Waals surface area contributed by atoms with Crippen molar-refractivity contribution in [3.8, 4) is 0 Å². The highest BCUT2D eigenvalue weighted by atomic mass is 28.4. The molecule has 0 unspecified atom stereocenters. The molecule has 1 aliphatic heterocycles. The number of fused-ring (bicyclic) bond motifs is 5.